The molecule has 1 heterocycles. The first kappa shape index (κ1) is 14.7. The fraction of sp³-hybridized carbons (Fsp3) is 0.125. The van der Waals surface area contributed by atoms with E-state index in [2.05, 4.69) is 26.1 Å². The predicted molar refractivity (Wildman–Crippen MR) is 91.1 cm³/mol. The SMILES string of the molecule is CN(C)c1ccc(C=NNc2nnnn2-c2ccccc2)cc1. The summed E-state index contributed by atoms with van der Waals surface area (Å²) >= 11 is 0. The first-order valence-corrected chi connectivity index (χ1v) is 7.14. The predicted octanol–water partition coefficient (Wildman–Crippen LogP) is 2.17. The fourth-order valence-corrected chi connectivity index (χ4v) is 2.02. The molecule has 3 aromatic rings. The lowest BCUT2D eigenvalue weighted by atomic mass is 10.2. The van der Waals surface area contributed by atoms with E-state index in [1.54, 1.807) is 10.9 Å². The Kier molecular flexibility index (Phi) is 4.28. The molecule has 7 nitrogen and oxygen atoms in total. The van der Waals surface area contributed by atoms with Crippen molar-refractivity contribution in [3.63, 3.8) is 0 Å². The molecule has 0 amide bonds. The molecule has 0 aliphatic rings. The van der Waals surface area contributed by atoms with Crippen LogP contribution in [0.25, 0.3) is 5.69 Å². The zero-order valence-corrected chi connectivity index (χ0v) is 13.0. The lowest BCUT2D eigenvalue weighted by Gasteiger charge is -2.11. The van der Waals surface area contributed by atoms with Crippen LogP contribution in [-0.4, -0.2) is 40.5 Å². The molecule has 1 aromatic heterocycles. The van der Waals surface area contributed by atoms with Crippen molar-refractivity contribution in [3.8, 4) is 5.69 Å². The number of aromatic nitrogens is 4. The maximum absolute atomic E-state index is 4.19. The second-order valence-electron chi connectivity index (χ2n) is 5.11. The molecule has 0 saturated heterocycles. The molecule has 0 radical (unpaired) electrons. The van der Waals surface area contributed by atoms with Crippen molar-refractivity contribution >= 4 is 17.9 Å². The third-order valence-corrected chi connectivity index (χ3v) is 3.26. The summed E-state index contributed by atoms with van der Waals surface area (Å²) in [5, 5.41) is 15.8. The quantitative estimate of drug-likeness (QED) is 0.578. The molecule has 0 aliphatic carbocycles. The van der Waals surface area contributed by atoms with Gasteiger partial charge in [0.05, 0.1) is 11.9 Å². The summed E-state index contributed by atoms with van der Waals surface area (Å²) in [5.41, 5.74) is 5.86. The molecule has 0 atom stereocenters. The molecule has 23 heavy (non-hydrogen) atoms. The van der Waals surface area contributed by atoms with E-state index in [0.717, 1.165) is 16.9 Å². The normalized spacial score (nSPS) is 10.9. The molecule has 0 saturated carbocycles. The smallest absolute Gasteiger partial charge is 0.268 e. The number of hydrazone groups is 1. The number of hydrogen-bond acceptors (Lipinski definition) is 6. The zero-order chi connectivity index (χ0) is 16.1. The maximum Gasteiger partial charge on any atom is 0.268 e. The van der Waals surface area contributed by atoms with Crippen LogP contribution in [0, 0.1) is 0 Å². The van der Waals surface area contributed by atoms with Gasteiger partial charge in [-0.2, -0.15) is 9.78 Å². The minimum atomic E-state index is 0.456. The first-order chi connectivity index (χ1) is 11.2. The molecule has 1 N–H and O–H groups in total. The Balaban J connectivity index is 1.70. The molecule has 0 unspecified atom stereocenters. The minimum absolute atomic E-state index is 0.456. The molecule has 0 fully saturated rings. The van der Waals surface area contributed by atoms with Gasteiger partial charge in [0, 0.05) is 19.8 Å². The molecular weight excluding hydrogens is 290 g/mol. The maximum atomic E-state index is 4.19. The van der Waals surface area contributed by atoms with Crippen LogP contribution in [0.4, 0.5) is 11.6 Å². The van der Waals surface area contributed by atoms with Crippen LogP contribution >= 0.6 is 0 Å². The van der Waals surface area contributed by atoms with Crippen LogP contribution in [-0.2, 0) is 0 Å². The number of para-hydroxylation sites is 1. The third kappa shape index (κ3) is 3.52. The van der Waals surface area contributed by atoms with E-state index in [1.165, 1.54) is 0 Å². The average molecular weight is 307 g/mol. The standard InChI is InChI=1S/C16H17N7/c1-22(2)14-10-8-13(9-11-14)12-17-18-16-19-20-21-23(16)15-6-4-3-5-7-15/h3-12H,1-2H3,(H,18,19,21). The average Bonchev–Trinajstić information content (AvgIpc) is 3.05. The second kappa shape index (κ2) is 6.69. The lowest BCUT2D eigenvalue weighted by Crippen LogP contribution is -2.08. The summed E-state index contributed by atoms with van der Waals surface area (Å²) < 4.78 is 1.59. The van der Waals surface area contributed by atoms with E-state index in [4.69, 9.17) is 0 Å². The summed E-state index contributed by atoms with van der Waals surface area (Å²) in [7, 11) is 4.02. The van der Waals surface area contributed by atoms with E-state index in [9.17, 15) is 0 Å². The van der Waals surface area contributed by atoms with Crippen LogP contribution < -0.4 is 10.3 Å². The van der Waals surface area contributed by atoms with Crippen LogP contribution in [0.2, 0.25) is 0 Å². The van der Waals surface area contributed by atoms with E-state index < -0.39 is 0 Å². The van der Waals surface area contributed by atoms with Gasteiger partial charge in [0.2, 0.25) is 0 Å². The van der Waals surface area contributed by atoms with Gasteiger partial charge in [0.15, 0.2) is 0 Å². The highest BCUT2D eigenvalue weighted by molar-refractivity contribution is 5.80. The van der Waals surface area contributed by atoms with Crippen molar-refractivity contribution in [1.29, 1.82) is 0 Å². The van der Waals surface area contributed by atoms with Crippen molar-refractivity contribution in [2.45, 2.75) is 0 Å². The van der Waals surface area contributed by atoms with E-state index in [1.807, 2.05) is 73.6 Å². The third-order valence-electron chi connectivity index (χ3n) is 3.26. The molecule has 7 heteroatoms. The van der Waals surface area contributed by atoms with Crippen LogP contribution in [0.5, 0.6) is 0 Å². The van der Waals surface area contributed by atoms with Gasteiger partial charge >= 0.3 is 0 Å². The molecule has 0 spiro atoms. The van der Waals surface area contributed by atoms with Gasteiger partial charge in [0.1, 0.15) is 0 Å². The number of anilines is 2. The number of nitrogens with one attached hydrogen (secondary N) is 1. The minimum Gasteiger partial charge on any atom is -0.378 e. The van der Waals surface area contributed by atoms with Crippen molar-refractivity contribution < 1.29 is 0 Å². The highest BCUT2D eigenvalue weighted by Gasteiger charge is 2.05. The van der Waals surface area contributed by atoms with Gasteiger partial charge in [-0.05, 0) is 40.3 Å². The van der Waals surface area contributed by atoms with Crippen molar-refractivity contribution in [2.24, 2.45) is 5.10 Å². The molecule has 0 bridgehead atoms. The monoisotopic (exact) mass is 307 g/mol. The Bertz CT molecular complexity index is 776. The van der Waals surface area contributed by atoms with Gasteiger partial charge in [-0.15, -0.1) is 0 Å². The molecule has 3 rings (SSSR count). The largest absolute Gasteiger partial charge is 0.378 e. The summed E-state index contributed by atoms with van der Waals surface area (Å²) in [5.74, 6) is 0.456. The molecule has 116 valence electrons. The molecule has 2 aromatic carbocycles. The summed E-state index contributed by atoms with van der Waals surface area (Å²) in [4.78, 5) is 2.05. The number of rotatable bonds is 5. The van der Waals surface area contributed by atoms with Gasteiger partial charge in [0.25, 0.3) is 5.95 Å². The summed E-state index contributed by atoms with van der Waals surface area (Å²) in [6, 6.07) is 17.7. The Hall–Kier alpha value is -3.22. The van der Waals surface area contributed by atoms with Crippen molar-refractivity contribution in [2.75, 3.05) is 24.4 Å². The van der Waals surface area contributed by atoms with Gasteiger partial charge in [-0.1, -0.05) is 35.4 Å². The number of hydrogen-bond donors (Lipinski definition) is 1. The van der Waals surface area contributed by atoms with Crippen LogP contribution in [0.1, 0.15) is 5.56 Å². The summed E-state index contributed by atoms with van der Waals surface area (Å²) in [6.45, 7) is 0. The van der Waals surface area contributed by atoms with Crippen molar-refractivity contribution in [3.05, 3.63) is 60.2 Å². The number of nitrogens with zero attached hydrogens (tertiary/aromatic N) is 6. The lowest BCUT2D eigenvalue weighted by molar-refractivity contribution is 0.790. The zero-order valence-electron chi connectivity index (χ0n) is 13.0. The number of tetrazole rings is 1. The van der Waals surface area contributed by atoms with Gasteiger partial charge in [-0.3, -0.25) is 0 Å². The Morgan fingerprint density at radius 1 is 1.04 bits per heavy atom. The van der Waals surface area contributed by atoms with E-state index in [-0.39, 0.29) is 0 Å². The topological polar surface area (TPSA) is 71.2 Å². The highest BCUT2D eigenvalue weighted by atomic mass is 15.6. The van der Waals surface area contributed by atoms with Gasteiger partial charge < -0.3 is 4.90 Å². The molecular formula is C16H17N7. The van der Waals surface area contributed by atoms with E-state index >= 15 is 0 Å². The van der Waals surface area contributed by atoms with Crippen LogP contribution in [0.15, 0.2) is 59.7 Å². The van der Waals surface area contributed by atoms with E-state index in [0.29, 0.717) is 5.95 Å². The van der Waals surface area contributed by atoms with Crippen LogP contribution in [0.3, 0.4) is 0 Å². The first-order valence-electron chi connectivity index (χ1n) is 7.14. The Morgan fingerprint density at radius 2 is 1.78 bits per heavy atom. The molecule has 0 aliphatic heterocycles. The Morgan fingerprint density at radius 3 is 2.48 bits per heavy atom. The second-order valence-corrected chi connectivity index (χ2v) is 5.11. The van der Waals surface area contributed by atoms with Crippen molar-refractivity contribution in [1.82, 2.24) is 20.2 Å². The number of benzene rings is 2. The van der Waals surface area contributed by atoms with Gasteiger partial charge in [-0.25, -0.2) is 5.43 Å². The summed E-state index contributed by atoms with van der Waals surface area (Å²) in [6.07, 6.45) is 1.73. The highest BCUT2D eigenvalue weighted by Crippen LogP contribution is 2.12. The Labute approximate surface area is 134 Å². The fourth-order valence-electron chi connectivity index (χ4n) is 2.02.